The van der Waals surface area contributed by atoms with Crippen LogP contribution in [0.5, 0.6) is 0 Å². The highest BCUT2D eigenvalue weighted by Gasteiger charge is 2.38. The average Bonchev–Trinajstić information content (AvgIpc) is 3.21. The summed E-state index contributed by atoms with van der Waals surface area (Å²) in [6, 6.07) is 0.0338. The molecular weight excluding hydrogens is 316 g/mol. The zero-order valence-electron chi connectivity index (χ0n) is 15.5. The number of carbonyl (C=O) groups excluding carboxylic acids is 2. The first-order chi connectivity index (χ1) is 12.0. The normalized spacial score (nSPS) is 24.7. The van der Waals surface area contributed by atoms with Crippen molar-refractivity contribution in [1.82, 2.24) is 20.4 Å². The first-order valence-electron chi connectivity index (χ1n) is 9.57. The number of H-pyrrole nitrogens is 1. The molecule has 1 aromatic rings. The summed E-state index contributed by atoms with van der Waals surface area (Å²) in [6.45, 7) is 7.12. The van der Waals surface area contributed by atoms with Gasteiger partial charge in [-0.15, -0.1) is 0 Å². The molecule has 0 spiro atoms. The standard InChI is InChI=1S/C19H30N4O2/c1-12(2)16-10-23(11-17(16)21-13(3)24)19(25)15-9-20-22-18(15)14-7-5-4-6-8-14/h9,12,14,16-17H,4-8,10-11H2,1-3H3,(H,20,22)(H,21,24). The molecule has 3 rings (SSSR count). The summed E-state index contributed by atoms with van der Waals surface area (Å²) < 4.78 is 0. The summed E-state index contributed by atoms with van der Waals surface area (Å²) in [5, 5.41) is 10.3. The third-order valence-electron chi connectivity index (χ3n) is 5.81. The van der Waals surface area contributed by atoms with Gasteiger partial charge in [-0.1, -0.05) is 33.1 Å². The van der Waals surface area contributed by atoms with Crippen LogP contribution in [-0.4, -0.2) is 46.0 Å². The van der Waals surface area contributed by atoms with Gasteiger partial charge in [-0.05, 0) is 18.8 Å². The maximum atomic E-state index is 13.1. The van der Waals surface area contributed by atoms with E-state index in [1.54, 1.807) is 13.1 Å². The molecule has 0 aromatic carbocycles. The summed E-state index contributed by atoms with van der Waals surface area (Å²) in [7, 11) is 0. The van der Waals surface area contributed by atoms with Crippen molar-refractivity contribution in [3.8, 4) is 0 Å². The largest absolute Gasteiger partial charge is 0.351 e. The van der Waals surface area contributed by atoms with Crippen LogP contribution in [0.3, 0.4) is 0 Å². The number of amides is 2. The second-order valence-corrected chi connectivity index (χ2v) is 7.96. The molecule has 2 atom stereocenters. The van der Waals surface area contributed by atoms with Crippen LogP contribution in [0, 0.1) is 11.8 Å². The summed E-state index contributed by atoms with van der Waals surface area (Å²) in [5.41, 5.74) is 1.73. The van der Waals surface area contributed by atoms with Gasteiger partial charge in [0.15, 0.2) is 0 Å². The predicted molar refractivity (Wildman–Crippen MR) is 96.2 cm³/mol. The number of hydrogen-bond acceptors (Lipinski definition) is 3. The smallest absolute Gasteiger partial charge is 0.257 e. The number of nitrogens with one attached hydrogen (secondary N) is 2. The van der Waals surface area contributed by atoms with Crippen LogP contribution < -0.4 is 5.32 Å². The van der Waals surface area contributed by atoms with E-state index in [-0.39, 0.29) is 23.8 Å². The lowest BCUT2D eigenvalue weighted by Crippen LogP contribution is -2.41. The molecule has 2 N–H and O–H groups in total. The number of aromatic nitrogens is 2. The third kappa shape index (κ3) is 3.88. The van der Waals surface area contributed by atoms with Gasteiger partial charge in [0.1, 0.15) is 0 Å². The van der Waals surface area contributed by atoms with Gasteiger partial charge in [0.2, 0.25) is 5.91 Å². The minimum atomic E-state index is -0.0313. The Hall–Kier alpha value is -1.85. The number of hydrogen-bond donors (Lipinski definition) is 2. The Morgan fingerprint density at radius 3 is 2.60 bits per heavy atom. The first-order valence-corrected chi connectivity index (χ1v) is 9.57. The molecule has 2 aliphatic rings. The topological polar surface area (TPSA) is 78.1 Å². The molecule has 138 valence electrons. The number of nitrogens with zero attached hydrogens (tertiary/aromatic N) is 2. The Kier molecular flexibility index (Phi) is 5.45. The Morgan fingerprint density at radius 1 is 1.24 bits per heavy atom. The molecule has 1 aromatic heterocycles. The lowest BCUT2D eigenvalue weighted by molar-refractivity contribution is -0.119. The van der Waals surface area contributed by atoms with Gasteiger partial charge < -0.3 is 10.2 Å². The Labute approximate surface area is 149 Å². The summed E-state index contributed by atoms with van der Waals surface area (Å²) in [6.07, 6.45) is 7.68. The van der Waals surface area contributed by atoms with Crippen molar-refractivity contribution in [2.75, 3.05) is 13.1 Å². The highest BCUT2D eigenvalue weighted by molar-refractivity contribution is 5.95. The van der Waals surface area contributed by atoms with Crippen LogP contribution in [0.15, 0.2) is 6.20 Å². The Bertz CT molecular complexity index is 619. The number of rotatable bonds is 4. The van der Waals surface area contributed by atoms with Crippen molar-refractivity contribution in [3.63, 3.8) is 0 Å². The molecule has 2 unspecified atom stereocenters. The van der Waals surface area contributed by atoms with Gasteiger partial charge in [-0.3, -0.25) is 14.7 Å². The monoisotopic (exact) mass is 346 g/mol. The Morgan fingerprint density at radius 2 is 1.96 bits per heavy atom. The van der Waals surface area contributed by atoms with Gasteiger partial charge in [0, 0.05) is 31.8 Å². The van der Waals surface area contributed by atoms with E-state index in [0.717, 1.165) is 24.1 Å². The second-order valence-electron chi connectivity index (χ2n) is 7.96. The highest BCUT2D eigenvalue weighted by Crippen LogP contribution is 2.34. The van der Waals surface area contributed by atoms with Crippen molar-refractivity contribution in [3.05, 3.63) is 17.5 Å². The van der Waals surface area contributed by atoms with Gasteiger partial charge in [0.05, 0.1) is 23.5 Å². The molecule has 6 heteroatoms. The van der Waals surface area contributed by atoms with Crippen LogP contribution >= 0.6 is 0 Å². The van der Waals surface area contributed by atoms with Crippen LogP contribution in [0.2, 0.25) is 0 Å². The Balaban J connectivity index is 1.75. The van der Waals surface area contributed by atoms with E-state index in [4.69, 9.17) is 0 Å². The molecule has 1 saturated carbocycles. The summed E-state index contributed by atoms with van der Waals surface area (Å²) in [5.74, 6) is 1.14. The fourth-order valence-corrected chi connectivity index (χ4v) is 4.42. The molecule has 0 radical (unpaired) electrons. The maximum absolute atomic E-state index is 13.1. The SMILES string of the molecule is CC(=O)NC1CN(C(=O)c2cn[nH]c2C2CCCCC2)CC1C(C)C. The minimum Gasteiger partial charge on any atom is -0.351 e. The minimum absolute atomic E-state index is 0.0313. The molecule has 2 amide bonds. The van der Waals surface area contributed by atoms with E-state index in [1.807, 2.05) is 4.90 Å². The molecule has 1 saturated heterocycles. The fraction of sp³-hybridized carbons (Fsp3) is 0.737. The van der Waals surface area contributed by atoms with E-state index >= 15 is 0 Å². The molecule has 2 fully saturated rings. The molecular formula is C19H30N4O2. The summed E-state index contributed by atoms with van der Waals surface area (Å²) in [4.78, 5) is 26.5. The van der Waals surface area contributed by atoms with Gasteiger partial charge in [-0.25, -0.2) is 0 Å². The van der Waals surface area contributed by atoms with E-state index in [0.29, 0.717) is 24.9 Å². The quantitative estimate of drug-likeness (QED) is 0.880. The lowest BCUT2D eigenvalue weighted by atomic mass is 9.85. The fourth-order valence-electron chi connectivity index (χ4n) is 4.42. The number of aromatic amines is 1. The molecule has 1 aliphatic heterocycles. The van der Waals surface area contributed by atoms with Crippen molar-refractivity contribution in [2.45, 2.75) is 64.8 Å². The zero-order chi connectivity index (χ0) is 18.0. The van der Waals surface area contributed by atoms with E-state index < -0.39 is 0 Å². The predicted octanol–water partition coefficient (Wildman–Crippen LogP) is 2.69. The van der Waals surface area contributed by atoms with Crippen LogP contribution in [0.1, 0.15) is 74.8 Å². The van der Waals surface area contributed by atoms with Gasteiger partial charge in [0.25, 0.3) is 5.91 Å². The van der Waals surface area contributed by atoms with Crippen LogP contribution in [0.4, 0.5) is 0 Å². The van der Waals surface area contributed by atoms with E-state index in [2.05, 4.69) is 29.4 Å². The number of carbonyl (C=O) groups is 2. The van der Waals surface area contributed by atoms with E-state index in [9.17, 15) is 9.59 Å². The second kappa shape index (κ2) is 7.58. The molecule has 2 heterocycles. The zero-order valence-corrected chi connectivity index (χ0v) is 15.5. The van der Waals surface area contributed by atoms with Crippen molar-refractivity contribution in [1.29, 1.82) is 0 Å². The molecule has 6 nitrogen and oxygen atoms in total. The highest BCUT2D eigenvalue weighted by atomic mass is 16.2. The number of likely N-dealkylation sites (tertiary alicyclic amines) is 1. The molecule has 25 heavy (non-hydrogen) atoms. The maximum Gasteiger partial charge on any atom is 0.257 e. The lowest BCUT2D eigenvalue weighted by Gasteiger charge is -2.23. The van der Waals surface area contributed by atoms with Gasteiger partial charge >= 0.3 is 0 Å². The first kappa shape index (κ1) is 18.0. The third-order valence-corrected chi connectivity index (χ3v) is 5.81. The van der Waals surface area contributed by atoms with Crippen LogP contribution in [-0.2, 0) is 4.79 Å². The molecule has 1 aliphatic carbocycles. The van der Waals surface area contributed by atoms with E-state index in [1.165, 1.54) is 19.3 Å². The average molecular weight is 346 g/mol. The van der Waals surface area contributed by atoms with Crippen molar-refractivity contribution in [2.24, 2.45) is 11.8 Å². The summed E-state index contributed by atoms with van der Waals surface area (Å²) >= 11 is 0. The van der Waals surface area contributed by atoms with Gasteiger partial charge in [-0.2, -0.15) is 5.10 Å². The van der Waals surface area contributed by atoms with Crippen LogP contribution in [0.25, 0.3) is 0 Å². The van der Waals surface area contributed by atoms with Crippen molar-refractivity contribution < 1.29 is 9.59 Å². The van der Waals surface area contributed by atoms with Crippen molar-refractivity contribution >= 4 is 11.8 Å². The molecule has 0 bridgehead atoms.